The Labute approximate surface area is 147 Å². The first-order valence-electron chi connectivity index (χ1n) is 8.56. The second-order valence-corrected chi connectivity index (χ2v) is 6.48. The van der Waals surface area contributed by atoms with E-state index in [4.69, 9.17) is 0 Å². The van der Waals surface area contributed by atoms with E-state index in [1.807, 2.05) is 6.07 Å². The lowest BCUT2D eigenvalue weighted by molar-refractivity contribution is -0.133. The lowest BCUT2D eigenvalue weighted by Gasteiger charge is -2.36. The smallest absolute Gasteiger partial charge is 0.225 e. The first-order valence-corrected chi connectivity index (χ1v) is 8.56. The van der Waals surface area contributed by atoms with Gasteiger partial charge < -0.3 is 14.9 Å². The molecule has 132 valence electrons. The molecule has 0 aromatic heterocycles. The van der Waals surface area contributed by atoms with Crippen molar-refractivity contribution in [2.24, 2.45) is 0 Å². The van der Waals surface area contributed by atoms with Crippen LogP contribution >= 0.6 is 0 Å². The normalized spacial score (nSPS) is 16.0. The molecule has 1 atom stereocenters. The van der Waals surface area contributed by atoms with Gasteiger partial charge in [0, 0.05) is 31.9 Å². The first-order chi connectivity index (χ1) is 12.0. The fraction of sp³-hybridized carbons (Fsp3) is 0.350. The van der Waals surface area contributed by atoms with Gasteiger partial charge in [-0.3, -0.25) is 4.79 Å². The second kappa shape index (κ2) is 7.66. The SMILES string of the molecule is Cc1cccc(N2CCN(C(=O)CC(O)c3cccc(F)c3)CC2)c1. The molecule has 1 aliphatic rings. The summed E-state index contributed by atoms with van der Waals surface area (Å²) >= 11 is 0. The number of hydrogen-bond acceptors (Lipinski definition) is 3. The van der Waals surface area contributed by atoms with Gasteiger partial charge >= 0.3 is 0 Å². The lowest BCUT2D eigenvalue weighted by atomic mass is 10.1. The Kier molecular flexibility index (Phi) is 5.34. The van der Waals surface area contributed by atoms with E-state index in [0.717, 1.165) is 13.1 Å². The summed E-state index contributed by atoms with van der Waals surface area (Å²) in [5.74, 6) is -0.503. The van der Waals surface area contributed by atoms with Gasteiger partial charge in [0.25, 0.3) is 0 Å². The van der Waals surface area contributed by atoms with E-state index in [2.05, 4.69) is 30.0 Å². The highest BCUT2D eigenvalue weighted by atomic mass is 19.1. The maximum atomic E-state index is 13.2. The first kappa shape index (κ1) is 17.4. The van der Waals surface area contributed by atoms with E-state index in [1.165, 1.54) is 23.4 Å². The average Bonchev–Trinajstić information content (AvgIpc) is 2.62. The van der Waals surface area contributed by atoms with Gasteiger partial charge in [0.1, 0.15) is 5.82 Å². The van der Waals surface area contributed by atoms with Crippen LogP contribution in [-0.4, -0.2) is 42.1 Å². The number of nitrogens with zero attached hydrogens (tertiary/aromatic N) is 2. The van der Waals surface area contributed by atoms with Crippen LogP contribution in [0.2, 0.25) is 0 Å². The minimum Gasteiger partial charge on any atom is -0.388 e. The third kappa shape index (κ3) is 4.37. The predicted molar refractivity (Wildman–Crippen MR) is 95.9 cm³/mol. The fourth-order valence-electron chi connectivity index (χ4n) is 3.16. The average molecular weight is 342 g/mol. The van der Waals surface area contributed by atoms with E-state index in [-0.39, 0.29) is 12.3 Å². The molecule has 1 saturated heterocycles. The molecule has 0 aliphatic carbocycles. The minimum atomic E-state index is -0.974. The van der Waals surface area contributed by atoms with Crippen molar-refractivity contribution in [1.82, 2.24) is 4.90 Å². The van der Waals surface area contributed by atoms with E-state index in [0.29, 0.717) is 18.7 Å². The molecule has 1 fully saturated rings. The molecule has 1 N–H and O–H groups in total. The van der Waals surface area contributed by atoms with Crippen molar-refractivity contribution >= 4 is 11.6 Å². The highest BCUT2D eigenvalue weighted by Crippen LogP contribution is 2.21. The third-order valence-electron chi connectivity index (χ3n) is 4.60. The topological polar surface area (TPSA) is 43.8 Å². The van der Waals surface area contributed by atoms with Gasteiger partial charge in [-0.05, 0) is 42.3 Å². The standard InChI is InChI=1S/C20H23FN2O2/c1-15-4-2-7-18(12-15)22-8-10-23(11-9-22)20(25)14-19(24)16-5-3-6-17(21)13-16/h2-7,12-13,19,24H,8-11,14H2,1H3. The number of carbonyl (C=O) groups excluding carboxylic acids is 1. The third-order valence-corrected chi connectivity index (χ3v) is 4.60. The molecular weight excluding hydrogens is 319 g/mol. The molecule has 1 amide bonds. The molecule has 2 aromatic rings. The van der Waals surface area contributed by atoms with Crippen molar-refractivity contribution in [3.63, 3.8) is 0 Å². The molecule has 1 aliphatic heterocycles. The summed E-state index contributed by atoms with van der Waals surface area (Å²) in [6.07, 6.45) is -0.994. The van der Waals surface area contributed by atoms with Gasteiger partial charge in [-0.25, -0.2) is 4.39 Å². The van der Waals surface area contributed by atoms with Crippen LogP contribution in [0.3, 0.4) is 0 Å². The molecule has 0 spiro atoms. The quantitative estimate of drug-likeness (QED) is 0.929. The maximum Gasteiger partial charge on any atom is 0.225 e. The summed E-state index contributed by atoms with van der Waals surface area (Å²) in [5.41, 5.74) is 2.83. The number of benzene rings is 2. The van der Waals surface area contributed by atoms with Gasteiger partial charge in [0.15, 0.2) is 0 Å². The monoisotopic (exact) mass is 342 g/mol. The molecule has 1 heterocycles. The van der Waals surface area contributed by atoms with E-state index in [1.54, 1.807) is 17.0 Å². The molecular formula is C20H23FN2O2. The second-order valence-electron chi connectivity index (χ2n) is 6.48. The molecule has 3 rings (SSSR count). The summed E-state index contributed by atoms with van der Waals surface area (Å²) in [6.45, 7) is 4.86. The highest BCUT2D eigenvalue weighted by Gasteiger charge is 2.23. The van der Waals surface area contributed by atoms with Crippen molar-refractivity contribution < 1.29 is 14.3 Å². The summed E-state index contributed by atoms with van der Waals surface area (Å²) in [5, 5.41) is 10.2. The van der Waals surface area contributed by atoms with Gasteiger partial charge in [-0.15, -0.1) is 0 Å². The largest absolute Gasteiger partial charge is 0.388 e. The summed E-state index contributed by atoms with van der Waals surface area (Å²) in [6, 6.07) is 14.1. The number of aryl methyl sites for hydroxylation is 1. The summed E-state index contributed by atoms with van der Waals surface area (Å²) in [7, 11) is 0. The zero-order chi connectivity index (χ0) is 17.8. The van der Waals surface area contributed by atoms with Crippen molar-refractivity contribution in [2.45, 2.75) is 19.4 Å². The number of rotatable bonds is 4. The van der Waals surface area contributed by atoms with Gasteiger partial charge in [-0.2, -0.15) is 0 Å². The van der Waals surface area contributed by atoms with Crippen LogP contribution in [0.4, 0.5) is 10.1 Å². The highest BCUT2D eigenvalue weighted by molar-refractivity contribution is 5.77. The Hall–Kier alpha value is -2.40. The Bertz CT molecular complexity index is 742. The zero-order valence-electron chi connectivity index (χ0n) is 14.4. The Morgan fingerprint density at radius 3 is 2.52 bits per heavy atom. The van der Waals surface area contributed by atoms with Crippen molar-refractivity contribution in [2.75, 3.05) is 31.1 Å². The number of hydrogen-bond donors (Lipinski definition) is 1. The Morgan fingerprint density at radius 1 is 1.12 bits per heavy atom. The predicted octanol–water partition coefficient (Wildman–Crippen LogP) is 2.91. The molecule has 2 aromatic carbocycles. The number of anilines is 1. The van der Waals surface area contributed by atoms with Crippen LogP contribution in [0.5, 0.6) is 0 Å². The Balaban J connectivity index is 1.54. The molecule has 0 saturated carbocycles. The van der Waals surface area contributed by atoms with Crippen LogP contribution in [-0.2, 0) is 4.79 Å². The minimum absolute atomic E-state index is 0.0199. The van der Waals surface area contributed by atoms with Crippen molar-refractivity contribution in [1.29, 1.82) is 0 Å². The number of halogens is 1. The molecule has 5 heteroatoms. The number of amides is 1. The zero-order valence-corrected chi connectivity index (χ0v) is 14.4. The molecule has 25 heavy (non-hydrogen) atoms. The number of piperazine rings is 1. The van der Waals surface area contributed by atoms with Crippen LogP contribution in [0, 0.1) is 12.7 Å². The molecule has 0 radical (unpaired) electrons. The molecule has 0 bridgehead atoms. The van der Waals surface area contributed by atoms with Crippen molar-refractivity contribution in [3.8, 4) is 0 Å². The number of carbonyl (C=O) groups is 1. The van der Waals surface area contributed by atoms with Gasteiger partial charge in [0.2, 0.25) is 5.91 Å². The maximum absolute atomic E-state index is 13.2. The molecule has 4 nitrogen and oxygen atoms in total. The van der Waals surface area contributed by atoms with E-state index < -0.39 is 11.9 Å². The van der Waals surface area contributed by atoms with Crippen LogP contribution in [0.25, 0.3) is 0 Å². The lowest BCUT2D eigenvalue weighted by Crippen LogP contribution is -2.49. The van der Waals surface area contributed by atoms with Crippen LogP contribution in [0.1, 0.15) is 23.7 Å². The van der Waals surface area contributed by atoms with E-state index in [9.17, 15) is 14.3 Å². The van der Waals surface area contributed by atoms with E-state index >= 15 is 0 Å². The van der Waals surface area contributed by atoms with Crippen molar-refractivity contribution in [3.05, 3.63) is 65.5 Å². The van der Waals surface area contributed by atoms with Crippen LogP contribution in [0.15, 0.2) is 48.5 Å². The van der Waals surface area contributed by atoms with Gasteiger partial charge in [-0.1, -0.05) is 24.3 Å². The van der Waals surface area contributed by atoms with Gasteiger partial charge in [0.05, 0.1) is 12.5 Å². The summed E-state index contributed by atoms with van der Waals surface area (Å²) < 4.78 is 13.2. The molecule has 1 unspecified atom stereocenters. The fourth-order valence-corrected chi connectivity index (χ4v) is 3.16. The number of aliphatic hydroxyl groups excluding tert-OH is 1. The van der Waals surface area contributed by atoms with Crippen LogP contribution < -0.4 is 4.90 Å². The summed E-state index contributed by atoms with van der Waals surface area (Å²) in [4.78, 5) is 16.5. The Morgan fingerprint density at radius 2 is 1.84 bits per heavy atom. The number of aliphatic hydroxyl groups is 1.